The molecule has 32 heavy (non-hydrogen) atoms. The minimum atomic E-state index is 0.370. The van der Waals surface area contributed by atoms with Crippen molar-refractivity contribution in [3.8, 4) is 5.75 Å². The van der Waals surface area contributed by atoms with Gasteiger partial charge < -0.3 is 9.47 Å². The number of ether oxygens (including phenoxy) is 2. The maximum Gasteiger partial charge on any atom is 0.118 e. The van der Waals surface area contributed by atoms with Crippen LogP contribution in [0.2, 0.25) is 0 Å². The van der Waals surface area contributed by atoms with Crippen molar-refractivity contribution >= 4 is 28.2 Å². The number of hydrogen-bond acceptors (Lipinski definition) is 4. The van der Waals surface area contributed by atoms with Crippen LogP contribution in [-0.2, 0) is 11.3 Å². The number of rotatable bonds is 9. The lowest BCUT2D eigenvalue weighted by molar-refractivity contribution is 0.225. The number of halogens is 1. The standard InChI is InChI=1S/C26H30ClN3O2/c1-6-18(2)24(27)15-21(17-31-4)28-19(3)26-23-9-7-8-10-25(23)30(29-26)16-20-11-13-22(32-5)14-12-20/h7-15H,6,16-17H2,1-5H3/b21-15-,24-18+,28-19+. The Balaban J connectivity index is 2.01. The molecule has 3 aromatic rings. The van der Waals surface area contributed by atoms with E-state index in [-0.39, 0.29) is 0 Å². The second-order valence-electron chi connectivity index (χ2n) is 7.62. The van der Waals surface area contributed by atoms with E-state index in [2.05, 4.69) is 31.2 Å². The largest absolute Gasteiger partial charge is 0.497 e. The number of nitrogens with zero attached hydrogens (tertiary/aromatic N) is 3. The first kappa shape index (κ1) is 23.8. The summed E-state index contributed by atoms with van der Waals surface area (Å²) in [7, 11) is 3.32. The van der Waals surface area contributed by atoms with E-state index in [0.717, 1.165) is 51.3 Å². The summed E-state index contributed by atoms with van der Waals surface area (Å²) in [6.45, 7) is 7.10. The number of fused-ring (bicyclic) bond motifs is 1. The Morgan fingerprint density at radius 1 is 1.09 bits per heavy atom. The first-order chi connectivity index (χ1) is 15.5. The normalized spacial score (nSPS) is 13.4. The van der Waals surface area contributed by atoms with E-state index >= 15 is 0 Å². The molecule has 0 spiro atoms. The zero-order valence-electron chi connectivity index (χ0n) is 19.4. The molecule has 1 heterocycles. The van der Waals surface area contributed by atoms with Gasteiger partial charge in [-0.3, -0.25) is 9.67 Å². The fraction of sp³-hybridized carbons (Fsp3) is 0.308. The summed E-state index contributed by atoms with van der Waals surface area (Å²) < 4.78 is 12.6. The Morgan fingerprint density at radius 2 is 1.81 bits per heavy atom. The fourth-order valence-corrected chi connectivity index (χ4v) is 3.64. The van der Waals surface area contributed by atoms with Crippen LogP contribution in [0.1, 0.15) is 38.4 Å². The van der Waals surface area contributed by atoms with E-state index in [9.17, 15) is 0 Å². The van der Waals surface area contributed by atoms with E-state index in [1.165, 1.54) is 0 Å². The minimum absolute atomic E-state index is 0.370. The highest BCUT2D eigenvalue weighted by Gasteiger charge is 2.14. The van der Waals surface area contributed by atoms with Gasteiger partial charge in [-0.25, -0.2) is 0 Å². The summed E-state index contributed by atoms with van der Waals surface area (Å²) in [4.78, 5) is 4.83. The van der Waals surface area contributed by atoms with Gasteiger partial charge in [-0.05, 0) is 50.1 Å². The van der Waals surface area contributed by atoms with Crippen molar-refractivity contribution in [3.05, 3.63) is 82.2 Å². The summed E-state index contributed by atoms with van der Waals surface area (Å²) in [6, 6.07) is 16.2. The Morgan fingerprint density at radius 3 is 2.47 bits per heavy atom. The predicted octanol–water partition coefficient (Wildman–Crippen LogP) is 6.36. The van der Waals surface area contributed by atoms with Crippen molar-refractivity contribution in [2.45, 2.75) is 33.7 Å². The van der Waals surface area contributed by atoms with Gasteiger partial charge in [0.25, 0.3) is 0 Å². The molecule has 0 aliphatic heterocycles. The monoisotopic (exact) mass is 451 g/mol. The molecule has 6 heteroatoms. The summed E-state index contributed by atoms with van der Waals surface area (Å²) in [5.41, 5.74) is 5.75. The number of benzene rings is 2. The quantitative estimate of drug-likeness (QED) is 0.281. The van der Waals surface area contributed by atoms with Gasteiger partial charge in [0.1, 0.15) is 11.4 Å². The zero-order chi connectivity index (χ0) is 23.1. The predicted molar refractivity (Wildman–Crippen MR) is 133 cm³/mol. The maximum absolute atomic E-state index is 6.45. The topological polar surface area (TPSA) is 48.6 Å². The van der Waals surface area contributed by atoms with Crippen molar-refractivity contribution in [1.82, 2.24) is 9.78 Å². The van der Waals surface area contributed by atoms with Crippen LogP contribution in [0, 0.1) is 0 Å². The molecular formula is C26H30ClN3O2. The van der Waals surface area contributed by atoms with Crippen LogP contribution in [0.4, 0.5) is 0 Å². The summed E-state index contributed by atoms with van der Waals surface area (Å²) in [6.07, 6.45) is 2.77. The molecule has 0 aliphatic rings. The molecule has 0 saturated carbocycles. The lowest BCUT2D eigenvalue weighted by Gasteiger charge is -2.06. The van der Waals surface area contributed by atoms with Crippen LogP contribution in [-0.4, -0.2) is 36.3 Å². The molecule has 5 nitrogen and oxygen atoms in total. The molecular weight excluding hydrogens is 422 g/mol. The highest BCUT2D eigenvalue weighted by atomic mass is 35.5. The summed E-state index contributed by atoms with van der Waals surface area (Å²) in [5, 5.41) is 6.67. The first-order valence-corrected chi connectivity index (χ1v) is 11.0. The van der Waals surface area contributed by atoms with E-state index in [0.29, 0.717) is 18.2 Å². The van der Waals surface area contributed by atoms with Gasteiger partial charge in [0, 0.05) is 17.5 Å². The zero-order valence-corrected chi connectivity index (χ0v) is 20.1. The summed E-state index contributed by atoms with van der Waals surface area (Å²) in [5.74, 6) is 0.839. The Bertz CT molecular complexity index is 1160. The number of aliphatic imine (C=N–C) groups is 1. The third-order valence-electron chi connectivity index (χ3n) is 5.33. The number of aromatic nitrogens is 2. The molecule has 2 aromatic carbocycles. The smallest absolute Gasteiger partial charge is 0.118 e. The van der Waals surface area contributed by atoms with Crippen molar-refractivity contribution in [2.75, 3.05) is 20.8 Å². The Kier molecular flexibility index (Phi) is 8.26. The van der Waals surface area contributed by atoms with Gasteiger partial charge >= 0.3 is 0 Å². The van der Waals surface area contributed by atoms with Crippen molar-refractivity contribution in [1.29, 1.82) is 0 Å². The third-order valence-corrected chi connectivity index (χ3v) is 5.76. The second-order valence-corrected chi connectivity index (χ2v) is 8.03. The molecule has 1 aromatic heterocycles. The van der Waals surface area contributed by atoms with E-state index in [1.54, 1.807) is 14.2 Å². The average molecular weight is 452 g/mol. The third kappa shape index (κ3) is 5.67. The van der Waals surface area contributed by atoms with Gasteiger partial charge in [-0.1, -0.05) is 54.4 Å². The minimum Gasteiger partial charge on any atom is -0.497 e. The van der Waals surface area contributed by atoms with Gasteiger partial charge in [0.15, 0.2) is 0 Å². The Labute approximate surface area is 195 Å². The van der Waals surface area contributed by atoms with E-state index < -0.39 is 0 Å². The summed E-state index contributed by atoms with van der Waals surface area (Å²) >= 11 is 6.45. The van der Waals surface area contributed by atoms with E-state index in [1.807, 2.05) is 48.9 Å². The molecule has 168 valence electrons. The SMILES string of the molecule is CC\C(C)=C(Cl)/C=C(COC)\N=C(/C)c1nn(Cc2ccc(OC)cc2)c2ccccc12. The Hall–Kier alpha value is -2.89. The van der Waals surface area contributed by atoms with Gasteiger partial charge in [-0.2, -0.15) is 5.10 Å². The molecule has 0 bridgehead atoms. The molecule has 0 amide bonds. The highest BCUT2D eigenvalue weighted by Crippen LogP contribution is 2.23. The second kappa shape index (κ2) is 11.1. The van der Waals surface area contributed by atoms with Crippen LogP contribution in [0.15, 0.2) is 75.9 Å². The average Bonchev–Trinajstić information content (AvgIpc) is 3.17. The molecule has 0 saturated heterocycles. The molecule has 0 unspecified atom stereocenters. The molecule has 0 atom stereocenters. The molecule has 0 N–H and O–H groups in total. The van der Waals surface area contributed by atoms with Gasteiger partial charge in [0.2, 0.25) is 0 Å². The fourth-order valence-electron chi connectivity index (χ4n) is 3.38. The molecule has 0 fully saturated rings. The molecule has 0 radical (unpaired) electrons. The van der Waals surface area contributed by atoms with E-state index in [4.69, 9.17) is 31.2 Å². The lowest BCUT2D eigenvalue weighted by Crippen LogP contribution is -2.05. The lowest BCUT2D eigenvalue weighted by atomic mass is 10.1. The van der Waals surface area contributed by atoms with Crippen LogP contribution in [0.5, 0.6) is 5.75 Å². The molecule has 3 rings (SSSR count). The maximum atomic E-state index is 6.45. The highest BCUT2D eigenvalue weighted by molar-refractivity contribution is 6.31. The number of methoxy groups -OCH3 is 2. The number of allylic oxidation sites excluding steroid dienone is 3. The van der Waals surface area contributed by atoms with Crippen LogP contribution in [0.25, 0.3) is 10.9 Å². The number of hydrogen-bond donors (Lipinski definition) is 0. The van der Waals surface area contributed by atoms with Gasteiger partial charge in [0.05, 0.1) is 37.2 Å². The van der Waals surface area contributed by atoms with Crippen LogP contribution < -0.4 is 4.74 Å². The van der Waals surface area contributed by atoms with Crippen molar-refractivity contribution in [2.24, 2.45) is 4.99 Å². The van der Waals surface area contributed by atoms with Crippen LogP contribution in [0.3, 0.4) is 0 Å². The van der Waals surface area contributed by atoms with Gasteiger partial charge in [-0.15, -0.1) is 0 Å². The van der Waals surface area contributed by atoms with Crippen molar-refractivity contribution in [3.63, 3.8) is 0 Å². The first-order valence-electron chi connectivity index (χ1n) is 10.7. The van der Waals surface area contributed by atoms with Crippen LogP contribution >= 0.6 is 11.6 Å². The molecule has 0 aliphatic carbocycles. The van der Waals surface area contributed by atoms with Crippen molar-refractivity contribution < 1.29 is 9.47 Å². The number of para-hydroxylation sites is 1.